The lowest BCUT2D eigenvalue weighted by Gasteiger charge is -2.07. The Morgan fingerprint density at radius 2 is 1.47 bits per heavy atom. The number of rotatable bonds is 1. The van der Waals surface area contributed by atoms with Gasteiger partial charge in [-0.15, -0.1) is 0 Å². The molecule has 1 aliphatic rings. The Hall–Kier alpha value is -0.895. The second kappa shape index (κ2) is 6.75. The smallest absolute Gasteiger partial charge is 0.381 e. The molecule has 4 heteroatoms. The molecule has 0 saturated carbocycles. The normalized spacial score (nSPS) is 14.2. The van der Waals surface area contributed by atoms with Crippen LogP contribution in [0.3, 0.4) is 0 Å². The van der Waals surface area contributed by atoms with Crippen LogP contribution in [0.15, 0.2) is 12.1 Å². The van der Waals surface area contributed by atoms with Gasteiger partial charge < -0.3 is 4.74 Å². The van der Waals surface area contributed by atoms with Crippen molar-refractivity contribution < 1.29 is 13.4 Å². The molecule has 0 unspecified atom stereocenters. The molecule has 0 N–H and O–H groups in total. The van der Waals surface area contributed by atoms with Gasteiger partial charge in [0.25, 0.3) is 0 Å². The van der Waals surface area contributed by atoms with E-state index in [0.717, 1.165) is 18.8 Å². The van der Waals surface area contributed by atoms with Crippen molar-refractivity contribution in [2.75, 3.05) is 13.2 Å². The fourth-order valence-corrected chi connectivity index (χ4v) is 2.05. The fraction of sp³-hybridized carbons (Fsp3) is 0.538. The third-order valence-corrected chi connectivity index (χ3v) is 2.78. The minimum absolute atomic E-state index is 0.181. The van der Waals surface area contributed by atoms with Gasteiger partial charge in [-0.3, -0.25) is 8.63 Å². The van der Waals surface area contributed by atoms with Gasteiger partial charge >= 0.3 is 7.27 Å². The number of aryl methyl sites for hydroxylation is 3. The van der Waals surface area contributed by atoms with E-state index in [0.29, 0.717) is 11.1 Å². The first kappa shape index (κ1) is 14.2. The first-order chi connectivity index (χ1) is 8.02. The molecule has 17 heavy (non-hydrogen) atoms. The van der Waals surface area contributed by atoms with Crippen LogP contribution in [-0.2, 0) is 4.74 Å². The largest absolute Gasteiger partial charge is 0.572 e. The number of benzene rings is 1. The lowest BCUT2D eigenvalue weighted by Crippen LogP contribution is -2.26. The maximum Gasteiger partial charge on any atom is 0.572 e. The monoisotopic (exact) mass is 240 g/mol. The molecular weight excluding hydrogens is 221 g/mol. The Kier molecular flexibility index (Phi) is 5.62. The summed E-state index contributed by atoms with van der Waals surface area (Å²) in [7, 11) is -2.36. The molecule has 1 saturated heterocycles. The highest BCUT2D eigenvalue weighted by Gasteiger charge is 2.20. The van der Waals surface area contributed by atoms with Crippen molar-refractivity contribution in [1.82, 2.24) is 0 Å². The summed E-state index contributed by atoms with van der Waals surface area (Å²) in [6.07, 6.45) is 2.56. The number of halogens is 2. The molecule has 0 aliphatic carbocycles. The summed E-state index contributed by atoms with van der Waals surface area (Å²) in [5, 5.41) is 0. The summed E-state index contributed by atoms with van der Waals surface area (Å²) < 4.78 is 29.8. The fourth-order valence-electron chi connectivity index (χ4n) is 2.05. The molecule has 0 atom stereocenters. The molecule has 0 bridgehead atoms. The van der Waals surface area contributed by atoms with Gasteiger partial charge in [0.05, 0.1) is 0 Å². The standard InChI is InChI=1S/C9H11BF2.C4H8O/c1-6-4-7(2)9(10(11)12)8(3)5-6;1-2-4-5-3-1/h4-5H,1-3H3;1-4H2. The quantitative estimate of drug-likeness (QED) is 0.685. The highest BCUT2D eigenvalue weighted by molar-refractivity contribution is 6.61. The van der Waals surface area contributed by atoms with Crippen LogP contribution in [0, 0.1) is 20.8 Å². The van der Waals surface area contributed by atoms with E-state index in [1.165, 1.54) is 12.8 Å². The first-order valence-electron chi connectivity index (χ1n) is 5.96. The van der Waals surface area contributed by atoms with Gasteiger partial charge in [-0.2, -0.15) is 0 Å². The van der Waals surface area contributed by atoms with Crippen molar-refractivity contribution in [2.45, 2.75) is 33.6 Å². The lowest BCUT2D eigenvalue weighted by atomic mass is 9.78. The molecule has 1 heterocycles. The van der Waals surface area contributed by atoms with Crippen molar-refractivity contribution in [3.63, 3.8) is 0 Å². The van der Waals surface area contributed by atoms with E-state index in [-0.39, 0.29) is 5.46 Å². The van der Waals surface area contributed by atoms with Gasteiger partial charge in [-0.25, -0.2) is 0 Å². The van der Waals surface area contributed by atoms with Crippen LogP contribution < -0.4 is 5.46 Å². The Morgan fingerprint density at radius 3 is 1.76 bits per heavy atom. The molecule has 0 aromatic heterocycles. The van der Waals surface area contributed by atoms with Crippen molar-refractivity contribution in [2.24, 2.45) is 0 Å². The first-order valence-corrected chi connectivity index (χ1v) is 5.96. The van der Waals surface area contributed by atoms with Crippen molar-refractivity contribution >= 4 is 12.7 Å². The van der Waals surface area contributed by atoms with E-state index >= 15 is 0 Å². The van der Waals surface area contributed by atoms with Gasteiger partial charge in [0.2, 0.25) is 0 Å². The van der Waals surface area contributed by atoms with Crippen molar-refractivity contribution in [3.05, 3.63) is 28.8 Å². The summed E-state index contributed by atoms with van der Waals surface area (Å²) in [6.45, 7) is 7.36. The third kappa shape index (κ3) is 4.46. The van der Waals surface area contributed by atoms with E-state index in [2.05, 4.69) is 0 Å². The van der Waals surface area contributed by atoms with E-state index < -0.39 is 7.27 Å². The molecule has 1 aromatic rings. The zero-order valence-electron chi connectivity index (χ0n) is 10.7. The maximum atomic E-state index is 12.4. The van der Waals surface area contributed by atoms with Crippen LogP contribution in [0.5, 0.6) is 0 Å². The maximum absolute atomic E-state index is 12.4. The van der Waals surface area contributed by atoms with Crippen LogP contribution in [0.4, 0.5) is 8.63 Å². The topological polar surface area (TPSA) is 9.23 Å². The molecule has 2 rings (SSSR count). The Bertz CT molecular complexity index is 332. The Morgan fingerprint density at radius 1 is 1.00 bits per heavy atom. The van der Waals surface area contributed by atoms with Gasteiger partial charge in [0, 0.05) is 13.2 Å². The minimum Gasteiger partial charge on any atom is -0.381 e. The molecule has 0 radical (unpaired) electrons. The summed E-state index contributed by atoms with van der Waals surface area (Å²) in [4.78, 5) is 0. The molecule has 0 amide bonds. The number of hydrogen-bond donors (Lipinski definition) is 0. The molecule has 1 aliphatic heterocycles. The van der Waals surface area contributed by atoms with E-state index in [9.17, 15) is 8.63 Å². The zero-order valence-corrected chi connectivity index (χ0v) is 10.7. The van der Waals surface area contributed by atoms with E-state index in [1.807, 2.05) is 6.92 Å². The summed E-state index contributed by atoms with van der Waals surface area (Å²) >= 11 is 0. The minimum atomic E-state index is -2.36. The molecule has 1 fully saturated rings. The molecule has 94 valence electrons. The van der Waals surface area contributed by atoms with Crippen molar-refractivity contribution in [1.29, 1.82) is 0 Å². The average molecular weight is 240 g/mol. The zero-order chi connectivity index (χ0) is 12.8. The van der Waals surface area contributed by atoms with Crippen molar-refractivity contribution in [3.8, 4) is 0 Å². The van der Waals surface area contributed by atoms with Gasteiger partial charge in [-0.1, -0.05) is 28.8 Å². The lowest BCUT2D eigenvalue weighted by molar-refractivity contribution is 0.198. The summed E-state index contributed by atoms with van der Waals surface area (Å²) in [5.41, 5.74) is 2.58. The molecule has 1 nitrogen and oxygen atoms in total. The summed E-state index contributed by atoms with van der Waals surface area (Å²) in [6, 6.07) is 3.57. The van der Waals surface area contributed by atoms with Crippen LogP contribution >= 0.6 is 0 Å². The van der Waals surface area contributed by atoms with Crippen LogP contribution in [-0.4, -0.2) is 20.5 Å². The Balaban J connectivity index is 0.000000239. The molecular formula is C13H19BF2O. The van der Waals surface area contributed by atoms with Gasteiger partial charge in [-0.05, 0) is 39.1 Å². The Labute approximate surface area is 102 Å². The van der Waals surface area contributed by atoms with Gasteiger partial charge in [0.1, 0.15) is 0 Å². The average Bonchev–Trinajstić information content (AvgIpc) is 2.71. The molecule has 0 spiro atoms. The van der Waals surface area contributed by atoms with E-state index in [1.54, 1.807) is 26.0 Å². The second-order valence-corrected chi connectivity index (χ2v) is 4.43. The second-order valence-electron chi connectivity index (χ2n) is 4.43. The number of ether oxygens (including phenoxy) is 1. The van der Waals surface area contributed by atoms with Crippen LogP contribution in [0.25, 0.3) is 0 Å². The highest BCUT2D eigenvalue weighted by Crippen LogP contribution is 2.07. The number of hydrogen-bond acceptors (Lipinski definition) is 1. The van der Waals surface area contributed by atoms with Gasteiger partial charge in [0.15, 0.2) is 0 Å². The molecule has 1 aromatic carbocycles. The predicted molar refractivity (Wildman–Crippen MR) is 68.3 cm³/mol. The van der Waals surface area contributed by atoms with E-state index in [4.69, 9.17) is 4.74 Å². The highest BCUT2D eigenvalue weighted by atomic mass is 19.2. The van der Waals surface area contributed by atoms with Crippen LogP contribution in [0.1, 0.15) is 29.5 Å². The van der Waals surface area contributed by atoms with Crippen LogP contribution in [0.2, 0.25) is 0 Å². The SMILES string of the molecule is C1CCOC1.Cc1cc(C)c(B(F)F)c(C)c1. The summed E-state index contributed by atoms with van der Waals surface area (Å²) in [5.74, 6) is 0. The third-order valence-electron chi connectivity index (χ3n) is 2.78. The predicted octanol–water partition coefficient (Wildman–Crippen LogP) is 3.04.